The predicted octanol–water partition coefficient (Wildman–Crippen LogP) is 2.76. The van der Waals surface area contributed by atoms with Crippen molar-refractivity contribution in [1.82, 2.24) is 5.43 Å². The van der Waals surface area contributed by atoms with Gasteiger partial charge in [0.05, 0.1) is 5.69 Å². The fourth-order valence-corrected chi connectivity index (χ4v) is 1.94. The van der Waals surface area contributed by atoms with Crippen LogP contribution in [0.15, 0.2) is 29.2 Å². The Morgan fingerprint density at radius 2 is 2.06 bits per heavy atom. The Kier molecular flexibility index (Phi) is 4.80. The van der Waals surface area contributed by atoms with Crippen LogP contribution in [-0.2, 0) is 0 Å². The smallest absolute Gasteiger partial charge is 0.185 e. The van der Waals surface area contributed by atoms with Crippen LogP contribution in [0, 0.1) is 0 Å². The van der Waals surface area contributed by atoms with Crippen LogP contribution in [0.2, 0.25) is 0 Å². The highest BCUT2D eigenvalue weighted by molar-refractivity contribution is 7.98. The molecule has 0 aliphatic rings. The summed E-state index contributed by atoms with van der Waals surface area (Å²) in [5.41, 5.74) is 9.90. The number of nitrogens with zero attached hydrogens (tertiary/aromatic N) is 1. The summed E-state index contributed by atoms with van der Waals surface area (Å²) in [5.74, 6) is 0. The van der Waals surface area contributed by atoms with Crippen LogP contribution in [-0.4, -0.2) is 16.9 Å². The molecule has 1 rings (SSSR count). The van der Waals surface area contributed by atoms with Crippen molar-refractivity contribution in [1.29, 1.82) is 0 Å². The van der Waals surface area contributed by atoms with Crippen molar-refractivity contribution < 1.29 is 0 Å². The van der Waals surface area contributed by atoms with Gasteiger partial charge < -0.3 is 5.73 Å². The average molecular weight is 269 g/mol. The van der Waals surface area contributed by atoms with Crippen molar-refractivity contribution in [3.8, 4) is 0 Å². The van der Waals surface area contributed by atoms with E-state index in [4.69, 9.17) is 18.0 Å². The summed E-state index contributed by atoms with van der Waals surface area (Å²) in [5, 5.41) is 2.06. The number of nitrogens with one attached hydrogen (secondary N) is 1. The molecule has 0 aromatic heterocycles. The maximum Gasteiger partial charge on any atom is 0.185 e. The van der Waals surface area contributed by atoms with E-state index in [0.29, 0.717) is 5.11 Å². The minimum atomic E-state index is -0.0984. The predicted molar refractivity (Wildman–Crippen MR) is 80.4 cm³/mol. The number of thiocarbonyl (C=S) groups is 1. The molecular weight excluding hydrogens is 250 g/mol. The van der Waals surface area contributed by atoms with Crippen molar-refractivity contribution in [3.63, 3.8) is 0 Å². The molecule has 0 atom stereocenters. The van der Waals surface area contributed by atoms with Gasteiger partial charge in [0.25, 0.3) is 0 Å². The normalized spacial score (nSPS) is 11.3. The Morgan fingerprint density at radius 3 is 2.53 bits per heavy atom. The van der Waals surface area contributed by atoms with E-state index >= 15 is 0 Å². The van der Waals surface area contributed by atoms with E-state index in [-0.39, 0.29) is 5.54 Å². The SMILES string of the molecule is CSc1cccc(N(NC(C)(C)C)C(N)=S)c1. The third-order valence-electron chi connectivity index (χ3n) is 1.98. The standard InChI is InChI=1S/C12H19N3S2/c1-12(2,3)14-15(11(13)16)9-6-5-7-10(8-9)17-4/h5-8,14H,1-4H3,(H2,13,16). The molecule has 0 spiro atoms. The minimum absolute atomic E-state index is 0.0984. The first kappa shape index (κ1) is 14.3. The van der Waals surface area contributed by atoms with Crippen LogP contribution in [0.5, 0.6) is 0 Å². The van der Waals surface area contributed by atoms with Crippen LogP contribution in [0.3, 0.4) is 0 Å². The Labute approximate surface area is 113 Å². The van der Waals surface area contributed by atoms with Crippen molar-refractivity contribution in [2.45, 2.75) is 31.2 Å². The first-order valence-electron chi connectivity index (χ1n) is 5.35. The molecule has 0 radical (unpaired) electrons. The van der Waals surface area contributed by atoms with Crippen LogP contribution in [0.25, 0.3) is 0 Å². The fourth-order valence-electron chi connectivity index (χ4n) is 1.33. The largest absolute Gasteiger partial charge is 0.375 e. The van der Waals surface area contributed by atoms with E-state index in [1.165, 1.54) is 4.90 Å². The lowest BCUT2D eigenvalue weighted by Gasteiger charge is -2.32. The molecule has 0 aliphatic carbocycles. The second-order valence-corrected chi connectivity index (χ2v) is 6.03. The molecule has 3 N–H and O–H groups in total. The van der Waals surface area contributed by atoms with Gasteiger partial charge in [-0.2, -0.15) is 0 Å². The van der Waals surface area contributed by atoms with Crippen LogP contribution in [0.4, 0.5) is 5.69 Å². The number of anilines is 1. The number of thioether (sulfide) groups is 1. The van der Waals surface area contributed by atoms with Crippen molar-refractivity contribution in [2.75, 3.05) is 11.3 Å². The zero-order chi connectivity index (χ0) is 13.1. The highest BCUT2D eigenvalue weighted by Crippen LogP contribution is 2.22. The Balaban J connectivity index is 3.01. The van der Waals surface area contributed by atoms with Gasteiger partial charge in [-0.15, -0.1) is 11.8 Å². The van der Waals surface area contributed by atoms with Gasteiger partial charge in [-0.05, 0) is 57.4 Å². The van der Waals surface area contributed by atoms with Gasteiger partial charge in [-0.25, -0.2) is 5.43 Å². The summed E-state index contributed by atoms with van der Waals surface area (Å²) >= 11 is 6.77. The molecule has 1 aromatic carbocycles. The van der Waals surface area contributed by atoms with Crippen LogP contribution in [0.1, 0.15) is 20.8 Å². The molecular formula is C12H19N3S2. The van der Waals surface area contributed by atoms with Crippen molar-refractivity contribution in [3.05, 3.63) is 24.3 Å². The van der Waals surface area contributed by atoms with E-state index in [0.717, 1.165) is 5.69 Å². The molecule has 0 unspecified atom stereocenters. The molecule has 17 heavy (non-hydrogen) atoms. The van der Waals surface area contributed by atoms with Gasteiger partial charge in [0.2, 0.25) is 0 Å². The summed E-state index contributed by atoms with van der Waals surface area (Å²) in [7, 11) is 0. The fraction of sp³-hybridized carbons (Fsp3) is 0.417. The number of benzene rings is 1. The summed E-state index contributed by atoms with van der Waals surface area (Å²) in [4.78, 5) is 1.18. The van der Waals surface area contributed by atoms with Gasteiger partial charge in [-0.1, -0.05) is 6.07 Å². The van der Waals surface area contributed by atoms with Crippen molar-refractivity contribution >= 4 is 34.8 Å². The quantitative estimate of drug-likeness (QED) is 0.502. The van der Waals surface area contributed by atoms with Crippen molar-refractivity contribution in [2.24, 2.45) is 5.73 Å². The summed E-state index contributed by atoms with van der Waals surface area (Å²) < 4.78 is 0. The highest BCUT2D eigenvalue weighted by atomic mass is 32.2. The summed E-state index contributed by atoms with van der Waals surface area (Å²) in [6.07, 6.45) is 2.04. The molecule has 0 saturated carbocycles. The molecule has 94 valence electrons. The van der Waals surface area contributed by atoms with Gasteiger partial charge in [-0.3, -0.25) is 5.01 Å². The van der Waals surface area contributed by atoms with E-state index in [2.05, 4.69) is 38.3 Å². The topological polar surface area (TPSA) is 41.3 Å². The van der Waals surface area contributed by atoms with Crippen LogP contribution >= 0.6 is 24.0 Å². The lowest BCUT2D eigenvalue weighted by Crippen LogP contribution is -2.54. The zero-order valence-electron chi connectivity index (χ0n) is 10.7. The lowest BCUT2D eigenvalue weighted by molar-refractivity contribution is 0.437. The Bertz CT molecular complexity index is 399. The molecule has 5 heteroatoms. The number of hydrogen-bond acceptors (Lipinski definition) is 3. The zero-order valence-corrected chi connectivity index (χ0v) is 12.3. The number of rotatable bonds is 3. The lowest BCUT2D eigenvalue weighted by atomic mass is 10.1. The van der Waals surface area contributed by atoms with Gasteiger partial charge in [0.1, 0.15) is 0 Å². The highest BCUT2D eigenvalue weighted by Gasteiger charge is 2.17. The Hall–Kier alpha value is -0.780. The molecule has 0 aliphatic heterocycles. The van der Waals surface area contributed by atoms with Gasteiger partial charge in [0, 0.05) is 10.4 Å². The number of hydrogen-bond donors (Lipinski definition) is 2. The summed E-state index contributed by atoms with van der Waals surface area (Å²) in [6.45, 7) is 6.20. The number of nitrogens with two attached hydrogens (primary N) is 1. The van der Waals surface area contributed by atoms with E-state index in [1.807, 2.05) is 18.4 Å². The number of hydrazine groups is 1. The second-order valence-electron chi connectivity index (χ2n) is 4.74. The summed E-state index contributed by atoms with van der Waals surface area (Å²) in [6, 6.07) is 8.10. The monoisotopic (exact) mass is 269 g/mol. The molecule has 0 saturated heterocycles. The van der Waals surface area contributed by atoms with E-state index in [1.54, 1.807) is 16.8 Å². The molecule has 0 amide bonds. The molecule has 0 heterocycles. The first-order chi connectivity index (χ1) is 7.83. The average Bonchev–Trinajstić information content (AvgIpc) is 2.24. The second kappa shape index (κ2) is 5.71. The molecule has 1 aromatic rings. The Morgan fingerprint density at radius 1 is 1.41 bits per heavy atom. The molecule has 3 nitrogen and oxygen atoms in total. The van der Waals surface area contributed by atoms with Crippen LogP contribution < -0.4 is 16.2 Å². The third-order valence-corrected chi connectivity index (χ3v) is 2.89. The molecule has 0 fully saturated rings. The first-order valence-corrected chi connectivity index (χ1v) is 6.98. The van der Waals surface area contributed by atoms with Gasteiger partial charge >= 0.3 is 0 Å². The maximum absolute atomic E-state index is 5.76. The van der Waals surface area contributed by atoms with Gasteiger partial charge in [0.15, 0.2) is 5.11 Å². The molecule has 0 bridgehead atoms. The third kappa shape index (κ3) is 4.53. The van der Waals surface area contributed by atoms with E-state index in [9.17, 15) is 0 Å². The van der Waals surface area contributed by atoms with E-state index < -0.39 is 0 Å². The minimum Gasteiger partial charge on any atom is -0.375 e. The maximum atomic E-state index is 5.76.